The molecule has 2 aliphatic carbocycles. The van der Waals surface area contributed by atoms with Gasteiger partial charge < -0.3 is 10.6 Å². The lowest BCUT2D eigenvalue weighted by atomic mass is 9.78. The zero-order valence-corrected chi connectivity index (χ0v) is 13.4. The highest BCUT2D eigenvalue weighted by atomic mass is 15.1. The van der Waals surface area contributed by atoms with Gasteiger partial charge in [0.1, 0.15) is 0 Å². The molecule has 0 saturated heterocycles. The maximum absolute atomic E-state index is 6.45. The Balaban J connectivity index is 1.62. The van der Waals surface area contributed by atoms with Crippen molar-refractivity contribution in [2.24, 2.45) is 11.7 Å². The van der Waals surface area contributed by atoms with Gasteiger partial charge in [0.15, 0.2) is 0 Å². The summed E-state index contributed by atoms with van der Waals surface area (Å²) >= 11 is 0. The molecule has 3 rings (SSSR count). The van der Waals surface area contributed by atoms with Crippen molar-refractivity contribution >= 4 is 0 Å². The Morgan fingerprint density at radius 1 is 1.05 bits per heavy atom. The summed E-state index contributed by atoms with van der Waals surface area (Å²) in [5.41, 5.74) is 7.96. The Morgan fingerprint density at radius 2 is 1.76 bits per heavy atom. The van der Waals surface area contributed by atoms with Crippen molar-refractivity contribution in [3.63, 3.8) is 0 Å². The van der Waals surface area contributed by atoms with Crippen LogP contribution < -0.4 is 5.73 Å². The van der Waals surface area contributed by atoms with Gasteiger partial charge in [-0.2, -0.15) is 0 Å². The van der Waals surface area contributed by atoms with Crippen molar-refractivity contribution in [3.8, 4) is 0 Å². The first-order valence-electron chi connectivity index (χ1n) is 8.75. The molecule has 0 aliphatic heterocycles. The van der Waals surface area contributed by atoms with E-state index >= 15 is 0 Å². The van der Waals surface area contributed by atoms with E-state index in [1.807, 2.05) is 0 Å². The Kier molecular flexibility index (Phi) is 4.97. The van der Waals surface area contributed by atoms with Crippen molar-refractivity contribution in [2.75, 3.05) is 13.6 Å². The topological polar surface area (TPSA) is 29.3 Å². The minimum atomic E-state index is 0.358. The van der Waals surface area contributed by atoms with Crippen molar-refractivity contribution in [1.82, 2.24) is 4.90 Å². The molecule has 2 heteroatoms. The highest BCUT2D eigenvalue weighted by molar-refractivity contribution is 5.20. The lowest BCUT2D eigenvalue weighted by molar-refractivity contribution is 0.138. The first-order valence-corrected chi connectivity index (χ1v) is 8.75. The number of hydrogen-bond acceptors (Lipinski definition) is 2. The molecule has 0 amide bonds. The molecule has 21 heavy (non-hydrogen) atoms. The maximum atomic E-state index is 6.45. The highest BCUT2D eigenvalue weighted by Gasteiger charge is 2.32. The average Bonchev–Trinajstić information content (AvgIpc) is 3.01. The first kappa shape index (κ1) is 15.1. The summed E-state index contributed by atoms with van der Waals surface area (Å²) in [4.78, 5) is 2.58. The number of nitrogens with zero attached hydrogens (tertiary/aromatic N) is 1. The number of benzene rings is 1. The number of nitrogens with two attached hydrogens (primary N) is 1. The fraction of sp³-hybridized carbons (Fsp3) is 0.684. The second kappa shape index (κ2) is 6.93. The molecule has 0 heterocycles. The zero-order valence-electron chi connectivity index (χ0n) is 13.4. The Labute approximate surface area is 129 Å². The quantitative estimate of drug-likeness (QED) is 0.913. The lowest BCUT2D eigenvalue weighted by Crippen LogP contribution is -2.50. The summed E-state index contributed by atoms with van der Waals surface area (Å²) in [5.74, 6) is 1.61. The van der Waals surface area contributed by atoms with E-state index in [-0.39, 0.29) is 0 Å². The normalized spacial score (nSPS) is 30.9. The van der Waals surface area contributed by atoms with E-state index in [1.54, 1.807) is 0 Å². The Morgan fingerprint density at radius 3 is 2.48 bits per heavy atom. The molecule has 0 radical (unpaired) electrons. The van der Waals surface area contributed by atoms with Crippen LogP contribution in [0.25, 0.3) is 0 Å². The predicted molar refractivity (Wildman–Crippen MR) is 89.4 cm³/mol. The van der Waals surface area contributed by atoms with E-state index in [0.29, 0.717) is 18.0 Å². The Hall–Kier alpha value is -0.860. The van der Waals surface area contributed by atoms with Crippen LogP contribution in [0.4, 0.5) is 0 Å². The van der Waals surface area contributed by atoms with Crippen LogP contribution >= 0.6 is 0 Å². The molecule has 2 saturated carbocycles. The zero-order chi connectivity index (χ0) is 14.7. The van der Waals surface area contributed by atoms with Crippen molar-refractivity contribution in [2.45, 2.75) is 62.9 Å². The molecular formula is C19H30N2. The smallest absolute Gasteiger partial charge is 0.0250 e. The summed E-state index contributed by atoms with van der Waals surface area (Å²) < 4.78 is 0. The molecule has 116 valence electrons. The van der Waals surface area contributed by atoms with Crippen LogP contribution in [-0.2, 0) is 0 Å². The molecule has 3 atom stereocenters. The third-order valence-electron chi connectivity index (χ3n) is 5.73. The van der Waals surface area contributed by atoms with Crippen molar-refractivity contribution in [1.29, 1.82) is 0 Å². The van der Waals surface area contributed by atoms with E-state index < -0.39 is 0 Å². The van der Waals surface area contributed by atoms with E-state index in [1.165, 1.54) is 57.1 Å². The monoisotopic (exact) mass is 286 g/mol. The van der Waals surface area contributed by atoms with Crippen LogP contribution in [0, 0.1) is 5.92 Å². The summed E-state index contributed by atoms with van der Waals surface area (Å²) in [6.07, 6.45) is 9.36. The van der Waals surface area contributed by atoms with Gasteiger partial charge in [0, 0.05) is 18.6 Å². The van der Waals surface area contributed by atoms with E-state index in [9.17, 15) is 0 Å². The van der Waals surface area contributed by atoms with Gasteiger partial charge in [-0.05, 0) is 56.6 Å². The summed E-state index contributed by atoms with van der Waals surface area (Å²) in [6.45, 7) is 1.25. The average molecular weight is 286 g/mol. The summed E-state index contributed by atoms with van der Waals surface area (Å²) in [6, 6.07) is 11.9. The molecular weight excluding hydrogens is 256 g/mol. The van der Waals surface area contributed by atoms with Crippen LogP contribution in [0.1, 0.15) is 56.4 Å². The van der Waals surface area contributed by atoms with Gasteiger partial charge in [0.05, 0.1) is 0 Å². The van der Waals surface area contributed by atoms with Crippen molar-refractivity contribution < 1.29 is 0 Å². The lowest BCUT2D eigenvalue weighted by Gasteiger charge is -2.40. The summed E-state index contributed by atoms with van der Waals surface area (Å²) in [5, 5.41) is 0. The largest absolute Gasteiger partial charge is 0.326 e. The van der Waals surface area contributed by atoms with Crippen LogP contribution in [0.2, 0.25) is 0 Å². The maximum Gasteiger partial charge on any atom is 0.0250 e. The Bertz CT molecular complexity index is 424. The first-order chi connectivity index (χ1) is 10.2. The minimum Gasteiger partial charge on any atom is -0.326 e. The van der Waals surface area contributed by atoms with Crippen LogP contribution in [0.3, 0.4) is 0 Å². The third-order valence-corrected chi connectivity index (χ3v) is 5.73. The summed E-state index contributed by atoms with van der Waals surface area (Å²) in [7, 11) is 2.30. The van der Waals surface area contributed by atoms with Gasteiger partial charge in [0.25, 0.3) is 0 Å². The van der Waals surface area contributed by atoms with Crippen LogP contribution in [0.15, 0.2) is 30.3 Å². The van der Waals surface area contributed by atoms with E-state index in [2.05, 4.69) is 42.3 Å². The highest BCUT2D eigenvalue weighted by Crippen LogP contribution is 2.35. The SMILES string of the molecule is CN(CC1CCCC1)C1CC(c2ccccc2)CCC1N. The molecule has 2 N–H and O–H groups in total. The van der Waals surface area contributed by atoms with Gasteiger partial charge in [-0.1, -0.05) is 43.2 Å². The minimum absolute atomic E-state index is 0.358. The molecule has 2 fully saturated rings. The predicted octanol–water partition coefficient (Wildman–Crippen LogP) is 3.77. The number of hydrogen-bond donors (Lipinski definition) is 1. The van der Waals surface area contributed by atoms with E-state index in [4.69, 9.17) is 5.73 Å². The second-order valence-electron chi connectivity index (χ2n) is 7.24. The molecule has 0 bridgehead atoms. The van der Waals surface area contributed by atoms with Crippen LogP contribution in [0.5, 0.6) is 0 Å². The van der Waals surface area contributed by atoms with Crippen LogP contribution in [-0.4, -0.2) is 30.6 Å². The van der Waals surface area contributed by atoms with Crippen molar-refractivity contribution in [3.05, 3.63) is 35.9 Å². The molecule has 0 spiro atoms. The molecule has 1 aromatic rings. The molecule has 2 aliphatic rings. The van der Waals surface area contributed by atoms with Gasteiger partial charge >= 0.3 is 0 Å². The van der Waals surface area contributed by atoms with Gasteiger partial charge in [0.2, 0.25) is 0 Å². The van der Waals surface area contributed by atoms with E-state index in [0.717, 1.165) is 5.92 Å². The second-order valence-corrected chi connectivity index (χ2v) is 7.24. The number of likely N-dealkylation sites (N-methyl/N-ethyl adjacent to an activating group) is 1. The standard InChI is InChI=1S/C19H30N2/c1-21(14-15-7-5-6-8-15)19-13-17(11-12-18(19)20)16-9-3-2-4-10-16/h2-4,9-10,15,17-19H,5-8,11-14,20H2,1H3. The molecule has 2 nitrogen and oxygen atoms in total. The van der Waals surface area contributed by atoms with Gasteiger partial charge in [-0.3, -0.25) is 0 Å². The van der Waals surface area contributed by atoms with Gasteiger partial charge in [-0.25, -0.2) is 0 Å². The molecule has 0 aromatic heterocycles. The third kappa shape index (κ3) is 3.67. The number of rotatable bonds is 4. The fourth-order valence-electron chi connectivity index (χ4n) is 4.44. The molecule has 1 aromatic carbocycles. The van der Waals surface area contributed by atoms with Gasteiger partial charge in [-0.15, -0.1) is 0 Å². The fourth-order valence-corrected chi connectivity index (χ4v) is 4.44. The molecule has 3 unspecified atom stereocenters.